The Morgan fingerprint density at radius 1 is 1.14 bits per heavy atom. The van der Waals surface area contributed by atoms with Crippen molar-refractivity contribution >= 4 is 5.69 Å². The fourth-order valence-corrected chi connectivity index (χ4v) is 2.88. The van der Waals surface area contributed by atoms with Gasteiger partial charge < -0.3 is 9.80 Å². The summed E-state index contributed by atoms with van der Waals surface area (Å²) in [6.45, 7) is 2.35. The Balaban J connectivity index is 2.32. The lowest BCUT2D eigenvalue weighted by Gasteiger charge is -2.37. The van der Waals surface area contributed by atoms with Crippen LogP contribution in [0, 0.1) is 12.7 Å². The standard InChI is InChI=1S/C15H20F4N2/c1-10-8-12(15(17,18)19)14(13(16)9-10)21-6-4-11(5-7-21)20(2)3/h8-9,11H,4-7H2,1-3H3. The third-order valence-corrected chi connectivity index (χ3v) is 4.02. The second-order valence-corrected chi connectivity index (χ2v) is 5.82. The number of nitrogens with zero attached hydrogens (tertiary/aromatic N) is 2. The van der Waals surface area contributed by atoms with Crippen LogP contribution in [0.15, 0.2) is 12.1 Å². The highest BCUT2D eigenvalue weighted by Gasteiger charge is 2.37. The number of piperidine rings is 1. The molecule has 0 amide bonds. The highest BCUT2D eigenvalue weighted by Crippen LogP contribution is 2.39. The Morgan fingerprint density at radius 2 is 1.71 bits per heavy atom. The van der Waals surface area contributed by atoms with Gasteiger partial charge in [-0.1, -0.05) is 0 Å². The molecule has 2 nitrogen and oxygen atoms in total. The maximum atomic E-state index is 14.1. The van der Waals surface area contributed by atoms with E-state index in [0.29, 0.717) is 19.1 Å². The van der Waals surface area contributed by atoms with Crippen molar-refractivity contribution in [2.75, 3.05) is 32.1 Å². The molecule has 1 aromatic rings. The lowest BCUT2D eigenvalue weighted by molar-refractivity contribution is -0.137. The molecule has 0 radical (unpaired) electrons. The minimum atomic E-state index is -4.54. The normalized spacial score (nSPS) is 17.6. The molecule has 21 heavy (non-hydrogen) atoms. The largest absolute Gasteiger partial charge is 0.418 e. The van der Waals surface area contributed by atoms with Crippen molar-refractivity contribution in [2.24, 2.45) is 0 Å². The van der Waals surface area contributed by atoms with Crippen LogP contribution in [0.3, 0.4) is 0 Å². The Morgan fingerprint density at radius 3 is 2.19 bits per heavy atom. The third kappa shape index (κ3) is 3.48. The zero-order chi connectivity index (χ0) is 15.8. The molecule has 1 aliphatic rings. The van der Waals surface area contributed by atoms with Gasteiger partial charge >= 0.3 is 6.18 Å². The molecule has 6 heteroatoms. The fraction of sp³-hybridized carbons (Fsp3) is 0.600. The van der Waals surface area contributed by atoms with Crippen molar-refractivity contribution in [1.29, 1.82) is 0 Å². The Labute approximate surface area is 122 Å². The zero-order valence-electron chi connectivity index (χ0n) is 12.5. The maximum absolute atomic E-state index is 14.1. The fourth-order valence-electron chi connectivity index (χ4n) is 2.88. The molecule has 118 valence electrons. The first-order chi connectivity index (χ1) is 9.70. The molecule has 0 spiro atoms. The lowest BCUT2D eigenvalue weighted by Crippen LogP contribution is -2.42. The van der Waals surface area contributed by atoms with Gasteiger partial charge in [0.1, 0.15) is 5.82 Å². The molecule has 1 fully saturated rings. The molecule has 0 unspecified atom stereocenters. The third-order valence-electron chi connectivity index (χ3n) is 4.02. The van der Waals surface area contributed by atoms with Crippen LogP contribution in [-0.2, 0) is 6.18 Å². The summed E-state index contributed by atoms with van der Waals surface area (Å²) in [6.07, 6.45) is -3.07. The second kappa shape index (κ2) is 5.83. The highest BCUT2D eigenvalue weighted by molar-refractivity contribution is 5.58. The minimum Gasteiger partial charge on any atom is -0.369 e. The number of benzene rings is 1. The molecule has 2 rings (SSSR count). The summed E-state index contributed by atoms with van der Waals surface area (Å²) in [5.41, 5.74) is -0.889. The van der Waals surface area contributed by atoms with Crippen molar-refractivity contribution in [3.63, 3.8) is 0 Å². The van der Waals surface area contributed by atoms with E-state index in [1.165, 1.54) is 17.9 Å². The molecule has 0 atom stereocenters. The summed E-state index contributed by atoms with van der Waals surface area (Å²) >= 11 is 0. The van der Waals surface area contributed by atoms with Crippen LogP contribution in [-0.4, -0.2) is 38.1 Å². The summed E-state index contributed by atoms with van der Waals surface area (Å²) in [5, 5.41) is 0. The van der Waals surface area contributed by atoms with E-state index in [-0.39, 0.29) is 11.3 Å². The molecule has 0 bridgehead atoms. The van der Waals surface area contributed by atoms with E-state index in [1.807, 2.05) is 14.1 Å². The van der Waals surface area contributed by atoms with Crippen molar-refractivity contribution in [2.45, 2.75) is 32.0 Å². The van der Waals surface area contributed by atoms with Crippen LogP contribution in [0.5, 0.6) is 0 Å². The van der Waals surface area contributed by atoms with E-state index in [0.717, 1.165) is 18.9 Å². The molecule has 0 N–H and O–H groups in total. The summed E-state index contributed by atoms with van der Waals surface area (Å²) in [6, 6.07) is 2.53. The molecule has 0 aliphatic carbocycles. The van der Waals surface area contributed by atoms with Gasteiger partial charge in [0.2, 0.25) is 0 Å². The topological polar surface area (TPSA) is 6.48 Å². The van der Waals surface area contributed by atoms with Crippen molar-refractivity contribution < 1.29 is 17.6 Å². The van der Waals surface area contributed by atoms with Gasteiger partial charge in [-0.25, -0.2) is 4.39 Å². The predicted octanol–water partition coefficient (Wildman–Crippen LogP) is 3.68. The Kier molecular flexibility index (Phi) is 4.46. The van der Waals surface area contributed by atoms with Gasteiger partial charge in [0.25, 0.3) is 0 Å². The molecule has 1 aromatic carbocycles. The first-order valence-corrected chi connectivity index (χ1v) is 6.99. The highest BCUT2D eigenvalue weighted by atomic mass is 19.4. The smallest absolute Gasteiger partial charge is 0.369 e. The van der Waals surface area contributed by atoms with E-state index >= 15 is 0 Å². The molecule has 1 aliphatic heterocycles. The van der Waals surface area contributed by atoms with Gasteiger partial charge in [-0.3, -0.25) is 0 Å². The van der Waals surface area contributed by atoms with Crippen LogP contribution < -0.4 is 4.90 Å². The summed E-state index contributed by atoms with van der Waals surface area (Å²) in [7, 11) is 3.90. The van der Waals surface area contributed by atoms with Gasteiger partial charge in [0.05, 0.1) is 11.3 Å². The number of hydrogen-bond donors (Lipinski definition) is 0. The second-order valence-electron chi connectivity index (χ2n) is 5.82. The van der Waals surface area contributed by atoms with Gasteiger partial charge in [-0.2, -0.15) is 13.2 Å². The minimum absolute atomic E-state index is 0.284. The van der Waals surface area contributed by atoms with E-state index in [9.17, 15) is 17.6 Å². The first kappa shape index (κ1) is 16.1. The average molecular weight is 304 g/mol. The van der Waals surface area contributed by atoms with Crippen molar-refractivity contribution in [1.82, 2.24) is 4.90 Å². The summed E-state index contributed by atoms with van der Waals surface area (Å²) in [5.74, 6) is -0.786. The van der Waals surface area contributed by atoms with E-state index < -0.39 is 17.6 Å². The van der Waals surface area contributed by atoms with Crippen LogP contribution in [0.2, 0.25) is 0 Å². The van der Waals surface area contributed by atoms with E-state index in [2.05, 4.69) is 4.90 Å². The van der Waals surface area contributed by atoms with Crippen LogP contribution >= 0.6 is 0 Å². The van der Waals surface area contributed by atoms with Crippen molar-refractivity contribution in [3.05, 3.63) is 29.1 Å². The Bertz CT molecular complexity index is 503. The summed E-state index contributed by atoms with van der Waals surface area (Å²) in [4.78, 5) is 3.59. The number of rotatable bonds is 2. The number of anilines is 1. The molecule has 1 saturated heterocycles. The van der Waals surface area contributed by atoms with Gasteiger partial charge in [-0.15, -0.1) is 0 Å². The van der Waals surface area contributed by atoms with E-state index in [1.54, 1.807) is 0 Å². The molecule has 0 aromatic heterocycles. The predicted molar refractivity (Wildman–Crippen MR) is 75.1 cm³/mol. The van der Waals surface area contributed by atoms with Gasteiger partial charge in [0.15, 0.2) is 0 Å². The molecule has 0 saturated carbocycles. The van der Waals surface area contributed by atoms with Crippen LogP contribution in [0.4, 0.5) is 23.2 Å². The summed E-state index contributed by atoms with van der Waals surface area (Å²) < 4.78 is 53.6. The van der Waals surface area contributed by atoms with Gasteiger partial charge in [0, 0.05) is 19.1 Å². The quantitative estimate of drug-likeness (QED) is 0.769. The van der Waals surface area contributed by atoms with Crippen LogP contribution in [0.25, 0.3) is 0 Å². The van der Waals surface area contributed by atoms with Gasteiger partial charge in [-0.05, 0) is 51.6 Å². The molecular weight excluding hydrogens is 284 g/mol. The lowest BCUT2D eigenvalue weighted by atomic mass is 10.0. The molecular formula is C15H20F4N2. The number of hydrogen-bond acceptors (Lipinski definition) is 2. The van der Waals surface area contributed by atoms with E-state index in [4.69, 9.17) is 0 Å². The first-order valence-electron chi connectivity index (χ1n) is 6.99. The number of halogens is 4. The zero-order valence-corrected chi connectivity index (χ0v) is 12.5. The van der Waals surface area contributed by atoms with Crippen molar-refractivity contribution in [3.8, 4) is 0 Å². The maximum Gasteiger partial charge on any atom is 0.418 e. The number of aryl methyl sites for hydroxylation is 1. The average Bonchev–Trinajstić information content (AvgIpc) is 2.37. The SMILES string of the molecule is Cc1cc(F)c(N2CCC(N(C)C)CC2)c(C(F)(F)F)c1. The molecule has 1 heterocycles. The monoisotopic (exact) mass is 304 g/mol. The number of alkyl halides is 3. The van der Waals surface area contributed by atoms with Crippen LogP contribution in [0.1, 0.15) is 24.0 Å². The Hall–Kier alpha value is -1.30.